The summed E-state index contributed by atoms with van der Waals surface area (Å²) in [6.45, 7) is 1.81. The molecular formula is C11H12N2O3. The van der Waals surface area contributed by atoms with E-state index < -0.39 is 11.9 Å². The molecule has 16 heavy (non-hydrogen) atoms. The van der Waals surface area contributed by atoms with E-state index >= 15 is 0 Å². The molecule has 2 N–H and O–H groups in total. The fourth-order valence-electron chi connectivity index (χ4n) is 1.14. The van der Waals surface area contributed by atoms with Crippen LogP contribution in [-0.2, 0) is 9.59 Å². The molecule has 1 aromatic rings. The Hall–Kier alpha value is -2.17. The van der Waals surface area contributed by atoms with Crippen LogP contribution in [0.25, 0.3) is 0 Å². The van der Waals surface area contributed by atoms with Crippen molar-refractivity contribution in [1.29, 1.82) is 0 Å². The molecule has 1 unspecified atom stereocenters. The number of rotatable bonds is 4. The summed E-state index contributed by atoms with van der Waals surface area (Å²) < 4.78 is 0. The zero-order valence-electron chi connectivity index (χ0n) is 8.75. The van der Waals surface area contributed by atoms with Gasteiger partial charge < -0.3 is 10.4 Å². The molecule has 0 spiro atoms. The molecule has 0 bridgehead atoms. The van der Waals surface area contributed by atoms with Crippen molar-refractivity contribution in [1.82, 2.24) is 10.3 Å². The third-order valence-corrected chi connectivity index (χ3v) is 1.94. The van der Waals surface area contributed by atoms with Gasteiger partial charge in [-0.1, -0.05) is 0 Å². The van der Waals surface area contributed by atoms with Gasteiger partial charge in [-0.2, -0.15) is 0 Å². The van der Waals surface area contributed by atoms with Gasteiger partial charge in [-0.05, 0) is 24.6 Å². The van der Waals surface area contributed by atoms with Crippen molar-refractivity contribution < 1.29 is 14.7 Å². The summed E-state index contributed by atoms with van der Waals surface area (Å²) in [5.74, 6) is -1.58. The van der Waals surface area contributed by atoms with Gasteiger partial charge in [0.1, 0.15) is 0 Å². The van der Waals surface area contributed by atoms with Gasteiger partial charge in [-0.3, -0.25) is 9.78 Å². The SMILES string of the molecule is CC(NC(=O)/C=C/C(=O)O)c1ccncc1. The molecule has 0 aliphatic rings. The van der Waals surface area contributed by atoms with Gasteiger partial charge in [-0.15, -0.1) is 0 Å². The van der Waals surface area contributed by atoms with Crippen molar-refractivity contribution in [2.75, 3.05) is 0 Å². The second kappa shape index (κ2) is 5.65. The molecule has 0 radical (unpaired) electrons. The zero-order valence-corrected chi connectivity index (χ0v) is 8.75. The molecule has 84 valence electrons. The first-order chi connectivity index (χ1) is 7.59. The van der Waals surface area contributed by atoms with Crippen molar-refractivity contribution in [3.63, 3.8) is 0 Å². The number of carboxylic acids is 1. The highest BCUT2D eigenvalue weighted by molar-refractivity contribution is 5.94. The van der Waals surface area contributed by atoms with E-state index in [1.165, 1.54) is 0 Å². The highest BCUT2D eigenvalue weighted by Gasteiger charge is 2.06. The number of nitrogens with zero attached hydrogens (tertiary/aromatic N) is 1. The van der Waals surface area contributed by atoms with Crippen molar-refractivity contribution in [2.24, 2.45) is 0 Å². The Kier molecular flexibility index (Phi) is 4.20. The van der Waals surface area contributed by atoms with E-state index in [1.807, 2.05) is 6.92 Å². The third kappa shape index (κ3) is 3.91. The lowest BCUT2D eigenvalue weighted by molar-refractivity contribution is -0.131. The van der Waals surface area contributed by atoms with E-state index in [1.54, 1.807) is 24.5 Å². The van der Waals surface area contributed by atoms with Gasteiger partial charge in [-0.25, -0.2) is 4.79 Å². The molecule has 1 aromatic heterocycles. The largest absolute Gasteiger partial charge is 0.478 e. The van der Waals surface area contributed by atoms with Crippen LogP contribution in [0.15, 0.2) is 36.7 Å². The van der Waals surface area contributed by atoms with E-state index in [-0.39, 0.29) is 6.04 Å². The van der Waals surface area contributed by atoms with E-state index in [4.69, 9.17) is 5.11 Å². The van der Waals surface area contributed by atoms with Crippen molar-refractivity contribution in [3.05, 3.63) is 42.2 Å². The van der Waals surface area contributed by atoms with Crippen LogP contribution in [0.5, 0.6) is 0 Å². The minimum atomic E-state index is -1.15. The Morgan fingerprint density at radius 1 is 1.38 bits per heavy atom. The smallest absolute Gasteiger partial charge is 0.328 e. The molecule has 1 amide bonds. The first kappa shape index (κ1) is 11.9. The number of aromatic nitrogens is 1. The standard InChI is InChI=1S/C11H12N2O3/c1-8(9-4-6-12-7-5-9)13-10(14)2-3-11(15)16/h2-8H,1H3,(H,13,14)(H,15,16)/b3-2+. The Balaban J connectivity index is 2.55. The van der Waals surface area contributed by atoms with Gasteiger partial charge in [0.25, 0.3) is 0 Å². The van der Waals surface area contributed by atoms with Crippen LogP contribution in [0.4, 0.5) is 0 Å². The molecule has 0 saturated heterocycles. The molecule has 5 nitrogen and oxygen atoms in total. The molecule has 0 aliphatic heterocycles. The van der Waals surface area contributed by atoms with Gasteiger partial charge in [0.2, 0.25) is 5.91 Å². The summed E-state index contributed by atoms with van der Waals surface area (Å²) in [6, 6.07) is 3.38. The number of hydrogen-bond acceptors (Lipinski definition) is 3. The molecule has 0 aromatic carbocycles. The number of carbonyl (C=O) groups excluding carboxylic acids is 1. The zero-order chi connectivity index (χ0) is 12.0. The van der Waals surface area contributed by atoms with E-state index in [0.29, 0.717) is 0 Å². The lowest BCUT2D eigenvalue weighted by Crippen LogP contribution is -2.24. The van der Waals surface area contributed by atoms with E-state index in [0.717, 1.165) is 17.7 Å². The summed E-state index contributed by atoms with van der Waals surface area (Å²) in [7, 11) is 0. The van der Waals surface area contributed by atoms with Gasteiger partial charge in [0, 0.05) is 24.5 Å². The first-order valence-electron chi connectivity index (χ1n) is 4.71. The van der Waals surface area contributed by atoms with E-state index in [2.05, 4.69) is 10.3 Å². The van der Waals surface area contributed by atoms with Gasteiger partial charge in [0.05, 0.1) is 6.04 Å². The van der Waals surface area contributed by atoms with Crippen LogP contribution in [0.1, 0.15) is 18.5 Å². The quantitative estimate of drug-likeness (QED) is 0.739. The molecule has 0 aliphatic carbocycles. The average molecular weight is 220 g/mol. The van der Waals surface area contributed by atoms with Gasteiger partial charge >= 0.3 is 5.97 Å². The van der Waals surface area contributed by atoms with E-state index in [9.17, 15) is 9.59 Å². The van der Waals surface area contributed by atoms with Gasteiger partial charge in [0.15, 0.2) is 0 Å². The monoisotopic (exact) mass is 220 g/mol. The maximum atomic E-state index is 11.3. The first-order valence-corrected chi connectivity index (χ1v) is 4.71. The van der Waals surface area contributed by atoms with Crippen LogP contribution in [-0.4, -0.2) is 22.0 Å². The fraction of sp³-hybridized carbons (Fsp3) is 0.182. The van der Waals surface area contributed by atoms with Crippen LogP contribution >= 0.6 is 0 Å². The summed E-state index contributed by atoms with van der Waals surface area (Å²) in [6.07, 6.45) is 5.05. The molecule has 0 saturated carbocycles. The Morgan fingerprint density at radius 2 is 2.00 bits per heavy atom. The highest BCUT2D eigenvalue weighted by atomic mass is 16.4. The Bertz CT molecular complexity index is 401. The van der Waals surface area contributed by atoms with Crippen LogP contribution in [0, 0.1) is 0 Å². The Labute approximate surface area is 92.8 Å². The molecule has 1 atom stereocenters. The molecule has 5 heteroatoms. The van der Waals surface area contributed by atoms with Crippen molar-refractivity contribution in [2.45, 2.75) is 13.0 Å². The van der Waals surface area contributed by atoms with Crippen molar-refractivity contribution in [3.8, 4) is 0 Å². The summed E-state index contributed by atoms with van der Waals surface area (Å²) in [4.78, 5) is 25.3. The van der Waals surface area contributed by atoms with Crippen molar-refractivity contribution >= 4 is 11.9 Å². The molecular weight excluding hydrogens is 208 g/mol. The predicted molar refractivity (Wildman–Crippen MR) is 57.6 cm³/mol. The number of pyridine rings is 1. The number of carboxylic acid groups (broad SMARTS) is 1. The maximum Gasteiger partial charge on any atom is 0.328 e. The summed E-state index contributed by atoms with van der Waals surface area (Å²) >= 11 is 0. The minimum absolute atomic E-state index is 0.186. The minimum Gasteiger partial charge on any atom is -0.478 e. The molecule has 1 heterocycles. The predicted octanol–water partition coefficient (Wildman–Crippen LogP) is 0.900. The number of hydrogen-bond donors (Lipinski definition) is 2. The summed E-state index contributed by atoms with van der Waals surface area (Å²) in [5, 5.41) is 11.0. The number of carbonyl (C=O) groups is 2. The highest BCUT2D eigenvalue weighted by Crippen LogP contribution is 2.09. The number of amides is 1. The second-order valence-electron chi connectivity index (χ2n) is 3.18. The summed E-state index contributed by atoms with van der Waals surface area (Å²) in [5.41, 5.74) is 0.909. The molecule has 1 rings (SSSR count). The van der Waals surface area contributed by atoms with Crippen LogP contribution < -0.4 is 5.32 Å². The maximum absolute atomic E-state index is 11.3. The Morgan fingerprint density at radius 3 is 2.56 bits per heavy atom. The average Bonchev–Trinajstić information content (AvgIpc) is 2.27. The van der Waals surface area contributed by atoms with Crippen LogP contribution in [0.3, 0.4) is 0 Å². The van der Waals surface area contributed by atoms with Crippen LogP contribution in [0.2, 0.25) is 0 Å². The lowest BCUT2D eigenvalue weighted by atomic mass is 10.1. The number of aliphatic carboxylic acids is 1. The fourth-order valence-corrected chi connectivity index (χ4v) is 1.14. The molecule has 0 fully saturated rings. The number of nitrogens with one attached hydrogen (secondary N) is 1. The second-order valence-corrected chi connectivity index (χ2v) is 3.18. The third-order valence-electron chi connectivity index (χ3n) is 1.94. The normalized spacial score (nSPS) is 12.3. The topological polar surface area (TPSA) is 79.3 Å². The lowest BCUT2D eigenvalue weighted by Gasteiger charge is -2.11.